The molecule has 0 aliphatic rings. The molecule has 0 aliphatic carbocycles. The van der Waals surface area contributed by atoms with Crippen molar-refractivity contribution in [1.29, 1.82) is 0 Å². The van der Waals surface area contributed by atoms with Crippen LogP contribution >= 0.6 is 12.2 Å². The van der Waals surface area contributed by atoms with E-state index >= 15 is 0 Å². The van der Waals surface area contributed by atoms with E-state index in [2.05, 4.69) is 0 Å². The second-order valence-electron chi connectivity index (χ2n) is 5.65. The van der Waals surface area contributed by atoms with E-state index in [9.17, 15) is 14.7 Å². The molecule has 25 heavy (non-hydrogen) atoms. The normalized spacial score (nSPS) is 10.6. The van der Waals surface area contributed by atoms with Crippen molar-refractivity contribution in [1.82, 2.24) is 4.57 Å². The van der Waals surface area contributed by atoms with Crippen molar-refractivity contribution >= 4 is 40.1 Å². The van der Waals surface area contributed by atoms with Crippen molar-refractivity contribution in [3.05, 3.63) is 70.0 Å². The number of aromatic hydroxyl groups is 1. The van der Waals surface area contributed by atoms with Gasteiger partial charge in [0.25, 0.3) is 11.5 Å². The summed E-state index contributed by atoms with van der Waals surface area (Å²) in [5, 5.41) is 12.5. The van der Waals surface area contributed by atoms with E-state index in [-0.39, 0.29) is 11.3 Å². The van der Waals surface area contributed by atoms with Gasteiger partial charge in [-0.15, -0.1) is 0 Å². The lowest BCUT2D eigenvalue weighted by Crippen LogP contribution is -2.34. The van der Waals surface area contributed by atoms with Crippen LogP contribution in [0.3, 0.4) is 0 Å². The number of thiocarbonyl (C=S) groups is 1. The Kier molecular flexibility index (Phi) is 4.37. The van der Waals surface area contributed by atoms with Crippen LogP contribution in [0.15, 0.2) is 53.3 Å². The summed E-state index contributed by atoms with van der Waals surface area (Å²) in [4.78, 5) is 26.9. The minimum Gasteiger partial charge on any atom is -0.506 e. The fourth-order valence-corrected chi connectivity index (χ4v) is 3.02. The van der Waals surface area contributed by atoms with Gasteiger partial charge >= 0.3 is 0 Å². The van der Waals surface area contributed by atoms with Crippen molar-refractivity contribution in [3.8, 4) is 5.75 Å². The number of fused-ring (bicyclic) bond motifs is 1. The molecule has 1 aromatic heterocycles. The summed E-state index contributed by atoms with van der Waals surface area (Å²) in [5.41, 5.74) is 0.888. The number of hydrogen-bond donors (Lipinski definition) is 1. The Labute approximate surface area is 149 Å². The molecule has 2 aromatic carbocycles. The zero-order valence-corrected chi connectivity index (χ0v) is 14.6. The number of hydrogen-bond acceptors (Lipinski definition) is 4. The number of rotatable bonds is 3. The van der Waals surface area contributed by atoms with E-state index < -0.39 is 11.5 Å². The Morgan fingerprint density at radius 3 is 2.48 bits per heavy atom. The van der Waals surface area contributed by atoms with Gasteiger partial charge < -0.3 is 14.6 Å². The third-order valence-corrected chi connectivity index (χ3v) is 4.47. The molecule has 3 rings (SSSR count). The lowest BCUT2D eigenvalue weighted by Gasteiger charge is -2.19. The highest BCUT2D eigenvalue weighted by Crippen LogP contribution is 2.30. The highest BCUT2D eigenvalue weighted by atomic mass is 32.1. The molecule has 0 radical (unpaired) electrons. The highest BCUT2D eigenvalue weighted by molar-refractivity contribution is 7.79. The fraction of sp³-hybridized carbons (Fsp3) is 0.105. The third-order valence-electron chi connectivity index (χ3n) is 4.22. The minimum absolute atomic E-state index is 0.273. The molecular weight excluding hydrogens is 336 g/mol. The number of pyridine rings is 1. The Morgan fingerprint density at radius 1 is 1.16 bits per heavy atom. The van der Waals surface area contributed by atoms with Crippen molar-refractivity contribution < 1.29 is 9.90 Å². The van der Waals surface area contributed by atoms with Gasteiger partial charge in [-0.05, 0) is 23.8 Å². The molecule has 1 heterocycles. The Hall–Kier alpha value is -2.99. The second-order valence-corrected chi connectivity index (χ2v) is 5.88. The van der Waals surface area contributed by atoms with E-state index in [1.54, 1.807) is 56.6 Å². The van der Waals surface area contributed by atoms with E-state index in [1.807, 2.05) is 6.07 Å². The molecular formula is C19H16N2O3S. The molecule has 1 amide bonds. The molecule has 0 spiro atoms. The van der Waals surface area contributed by atoms with Crippen molar-refractivity contribution in [2.24, 2.45) is 7.05 Å². The van der Waals surface area contributed by atoms with Gasteiger partial charge in [-0.1, -0.05) is 42.5 Å². The van der Waals surface area contributed by atoms with Gasteiger partial charge in [-0.25, -0.2) is 0 Å². The molecule has 3 aromatic rings. The van der Waals surface area contributed by atoms with Crippen LogP contribution in [0, 0.1) is 0 Å². The smallest absolute Gasteiger partial charge is 0.267 e. The van der Waals surface area contributed by atoms with E-state index in [4.69, 9.17) is 12.2 Å². The number of amides is 1. The summed E-state index contributed by atoms with van der Waals surface area (Å²) in [6.07, 6.45) is 0. The number of nitrogens with zero attached hydrogens (tertiary/aromatic N) is 2. The van der Waals surface area contributed by atoms with E-state index in [1.165, 1.54) is 14.8 Å². The van der Waals surface area contributed by atoms with E-state index in [0.29, 0.717) is 22.2 Å². The molecule has 0 aliphatic heterocycles. The monoisotopic (exact) mass is 352 g/mol. The highest BCUT2D eigenvalue weighted by Gasteiger charge is 2.25. The third kappa shape index (κ3) is 2.70. The first-order valence-electron chi connectivity index (χ1n) is 7.60. The van der Waals surface area contributed by atoms with Gasteiger partial charge in [0.1, 0.15) is 11.3 Å². The van der Waals surface area contributed by atoms with Gasteiger partial charge in [0, 0.05) is 30.5 Å². The SMILES string of the molecule is CN(C(=O)c1c(O)c2c(C=S)cccc2n(C)c1=O)c1ccccc1. The molecule has 0 bridgehead atoms. The van der Waals surface area contributed by atoms with Crippen LogP contribution in [-0.2, 0) is 7.05 Å². The molecule has 0 atom stereocenters. The maximum atomic E-state index is 12.9. The largest absolute Gasteiger partial charge is 0.506 e. The first-order chi connectivity index (χ1) is 12.0. The second kappa shape index (κ2) is 6.49. The predicted molar refractivity (Wildman–Crippen MR) is 103 cm³/mol. The van der Waals surface area contributed by atoms with E-state index in [0.717, 1.165) is 0 Å². The van der Waals surface area contributed by atoms with Crippen LogP contribution in [0.5, 0.6) is 5.75 Å². The summed E-state index contributed by atoms with van der Waals surface area (Å²) in [7, 11) is 3.13. The molecule has 6 heteroatoms. The van der Waals surface area contributed by atoms with Gasteiger partial charge in [0.2, 0.25) is 0 Å². The van der Waals surface area contributed by atoms with Crippen molar-refractivity contribution in [2.45, 2.75) is 0 Å². The van der Waals surface area contributed by atoms with Crippen molar-refractivity contribution in [2.75, 3.05) is 11.9 Å². The summed E-state index contributed by atoms with van der Waals surface area (Å²) >= 11 is 5.00. The van der Waals surface area contributed by atoms with Crippen LogP contribution in [0.1, 0.15) is 15.9 Å². The van der Waals surface area contributed by atoms with Gasteiger partial charge in [0.15, 0.2) is 0 Å². The maximum Gasteiger partial charge on any atom is 0.267 e. The standard InChI is InChI=1S/C19H16N2O3S/c1-20(13-8-4-3-5-9-13)18(23)16-17(22)15-12(11-25)7-6-10-14(15)21(2)19(16)24/h3-11,22H,1-2H3. The summed E-state index contributed by atoms with van der Waals surface area (Å²) in [5.74, 6) is -0.923. The summed E-state index contributed by atoms with van der Waals surface area (Å²) in [6, 6.07) is 14.1. The van der Waals surface area contributed by atoms with Crippen LogP contribution < -0.4 is 10.5 Å². The fourth-order valence-electron chi connectivity index (χ4n) is 2.83. The Balaban J connectivity index is 2.28. The molecule has 0 unspecified atom stereocenters. The van der Waals surface area contributed by atoms with Crippen molar-refractivity contribution in [3.63, 3.8) is 0 Å². The summed E-state index contributed by atoms with van der Waals surface area (Å²) < 4.78 is 1.35. The lowest BCUT2D eigenvalue weighted by molar-refractivity contribution is 0.0988. The molecule has 0 saturated heterocycles. The first-order valence-corrected chi connectivity index (χ1v) is 8.07. The number of anilines is 1. The van der Waals surface area contributed by atoms with Crippen LogP contribution in [-0.4, -0.2) is 28.0 Å². The summed E-state index contributed by atoms with van der Waals surface area (Å²) in [6.45, 7) is 0. The van der Waals surface area contributed by atoms with Crippen LogP contribution in [0.4, 0.5) is 5.69 Å². The zero-order valence-electron chi connectivity index (χ0n) is 13.8. The Bertz CT molecular complexity index is 1040. The number of carbonyl (C=O) groups is 1. The molecule has 126 valence electrons. The average Bonchev–Trinajstić information content (AvgIpc) is 2.65. The lowest BCUT2D eigenvalue weighted by atomic mass is 10.0. The number of carbonyl (C=O) groups excluding carboxylic acids is 1. The number of benzene rings is 2. The predicted octanol–water partition coefficient (Wildman–Crippen LogP) is 2.87. The first kappa shape index (κ1) is 16.9. The molecule has 1 N–H and O–H groups in total. The molecule has 5 nitrogen and oxygen atoms in total. The number of aromatic nitrogens is 1. The topological polar surface area (TPSA) is 62.5 Å². The average molecular weight is 352 g/mol. The van der Waals surface area contributed by atoms with Crippen LogP contribution in [0.2, 0.25) is 0 Å². The van der Waals surface area contributed by atoms with Gasteiger partial charge in [-0.3, -0.25) is 9.59 Å². The van der Waals surface area contributed by atoms with Gasteiger partial charge in [0.05, 0.1) is 5.52 Å². The number of para-hydroxylation sites is 1. The zero-order chi connectivity index (χ0) is 18.1. The minimum atomic E-state index is -0.578. The van der Waals surface area contributed by atoms with Crippen LogP contribution in [0.25, 0.3) is 10.9 Å². The Morgan fingerprint density at radius 2 is 1.84 bits per heavy atom. The molecule has 0 fully saturated rings. The van der Waals surface area contributed by atoms with Gasteiger partial charge in [-0.2, -0.15) is 0 Å². The number of aryl methyl sites for hydroxylation is 1. The maximum absolute atomic E-state index is 12.9. The molecule has 0 saturated carbocycles. The quantitative estimate of drug-likeness (QED) is 0.736.